The average Bonchev–Trinajstić information content (AvgIpc) is 3.08. The molecule has 1 aliphatic rings. The summed E-state index contributed by atoms with van der Waals surface area (Å²) in [5.41, 5.74) is 0.496. The Hall–Kier alpha value is -2.81. The predicted octanol–water partition coefficient (Wildman–Crippen LogP) is 1.31. The average molecular weight is 431 g/mol. The van der Waals surface area contributed by atoms with Gasteiger partial charge in [-0.2, -0.15) is 0 Å². The molecule has 168 valence electrons. The van der Waals surface area contributed by atoms with Gasteiger partial charge in [-0.05, 0) is 43.4 Å². The second-order valence-electron chi connectivity index (χ2n) is 7.56. The van der Waals surface area contributed by atoms with Gasteiger partial charge in [0.2, 0.25) is 0 Å². The highest BCUT2D eigenvalue weighted by Crippen LogP contribution is 2.30. The highest BCUT2D eigenvalue weighted by atomic mass is 16.5. The Morgan fingerprint density at radius 3 is 2.42 bits per heavy atom. The third-order valence-electron chi connectivity index (χ3n) is 5.59. The van der Waals surface area contributed by atoms with Gasteiger partial charge in [0.25, 0.3) is 5.91 Å². The standard InChI is InChI=1S/C23H30N2O6/c1-25(11-12-26)21-19(24-23(28)15-7-9-16(29-2)10-8-15)14-20(22(21)27)31-18-6-4-5-17(13-18)30-3/h4-10,13,19-22,26-27H,11-12,14H2,1-3H3,(H,24,28)/t19-,20-,21+,22+/m1/s1. The van der Waals surface area contributed by atoms with E-state index in [-0.39, 0.29) is 18.6 Å². The van der Waals surface area contributed by atoms with E-state index in [2.05, 4.69) is 5.32 Å². The fourth-order valence-electron chi connectivity index (χ4n) is 3.97. The maximum Gasteiger partial charge on any atom is 0.251 e. The molecule has 0 aliphatic heterocycles. The Morgan fingerprint density at radius 1 is 1.10 bits per heavy atom. The molecular weight excluding hydrogens is 400 g/mol. The van der Waals surface area contributed by atoms with Crippen LogP contribution >= 0.6 is 0 Å². The van der Waals surface area contributed by atoms with Crippen LogP contribution in [0.4, 0.5) is 0 Å². The molecule has 0 aromatic heterocycles. The fraction of sp³-hybridized carbons (Fsp3) is 0.435. The van der Waals surface area contributed by atoms with Crippen molar-refractivity contribution in [2.75, 3.05) is 34.4 Å². The van der Waals surface area contributed by atoms with Crippen LogP contribution in [0.2, 0.25) is 0 Å². The van der Waals surface area contributed by atoms with Gasteiger partial charge in [-0.3, -0.25) is 9.69 Å². The largest absolute Gasteiger partial charge is 0.497 e. The van der Waals surface area contributed by atoms with Crippen molar-refractivity contribution in [3.63, 3.8) is 0 Å². The first-order valence-corrected chi connectivity index (χ1v) is 10.2. The molecule has 31 heavy (non-hydrogen) atoms. The second-order valence-corrected chi connectivity index (χ2v) is 7.56. The van der Waals surface area contributed by atoms with Crippen molar-refractivity contribution in [1.29, 1.82) is 0 Å². The second kappa shape index (κ2) is 10.5. The maximum absolute atomic E-state index is 12.8. The number of methoxy groups -OCH3 is 2. The number of carbonyl (C=O) groups excluding carboxylic acids is 1. The molecule has 8 heteroatoms. The molecule has 2 aromatic carbocycles. The van der Waals surface area contributed by atoms with E-state index in [0.717, 1.165) is 0 Å². The molecule has 0 saturated heterocycles. The first-order chi connectivity index (χ1) is 15.0. The molecule has 0 bridgehead atoms. The number of rotatable bonds is 9. The van der Waals surface area contributed by atoms with Gasteiger partial charge in [-0.25, -0.2) is 0 Å². The summed E-state index contributed by atoms with van der Waals surface area (Å²) in [5, 5.41) is 23.4. The number of aliphatic hydroxyl groups excluding tert-OH is 2. The lowest BCUT2D eigenvalue weighted by Gasteiger charge is -2.31. The monoisotopic (exact) mass is 430 g/mol. The van der Waals surface area contributed by atoms with E-state index >= 15 is 0 Å². The summed E-state index contributed by atoms with van der Waals surface area (Å²) < 4.78 is 16.4. The number of benzene rings is 2. The van der Waals surface area contributed by atoms with Crippen molar-refractivity contribution >= 4 is 5.91 Å². The molecule has 4 atom stereocenters. The van der Waals surface area contributed by atoms with Crippen molar-refractivity contribution < 1.29 is 29.2 Å². The van der Waals surface area contributed by atoms with E-state index in [9.17, 15) is 15.0 Å². The molecule has 1 aliphatic carbocycles. The summed E-state index contributed by atoms with van der Waals surface area (Å²) in [7, 11) is 4.96. The van der Waals surface area contributed by atoms with Gasteiger partial charge in [-0.1, -0.05) is 6.07 Å². The highest BCUT2D eigenvalue weighted by molar-refractivity contribution is 5.94. The zero-order valence-electron chi connectivity index (χ0n) is 18.0. The number of carbonyl (C=O) groups is 1. The Bertz CT molecular complexity index is 859. The quantitative estimate of drug-likeness (QED) is 0.551. The minimum Gasteiger partial charge on any atom is -0.497 e. The van der Waals surface area contributed by atoms with Crippen molar-refractivity contribution in [1.82, 2.24) is 10.2 Å². The number of amides is 1. The number of nitrogens with zero attached hydrogens (tertiary/aromatic N) is 1. The Balaban J connectivity index is 1.76. The zero-order chi connectivity index (χ0) is 22.4. The number of ether oxygens (including phenoxy) is 3. The van der Waals surface area contributed by atoms with Crippen LogP contribution in [0.5, 0.6) is 17.2 Å². The third kappa shape index (κ3) is 5.46. The van der Waals surface area contributed by atoms with E-state index in [4.69, 9.17) is 14.2 Å². The number of hydrogen-bond donors (Lipinski definition) is 3. The van der Waals surface area contributed by atoms with Gasteiger partial charge in [-0.15, -0.1) is 0 Å². The number of aliphatic hydroxyl groups is 2. The third-order valence-corrected chi connectivity index (χ3v) is 5.59. The van der Waals surface area contributed by atoms with Crippen molar-refractivity contribution in [3.05, 3.63) is 54.1 Å². The Labute approximate surface area is 182 Å². The molecule has 1 saturated carbocycles. The Kier molecular flexibility index (Phi) is 7.73. The summed E-state index contributed by atoms with van der Waals surface area (Å²) in [5.74, 6) is 1.65. The van der Waals surface area contributed by atoms with Crippen LogP contribution in [0.1, 0.15) is 16.8 Å². The van der Waals surface area contributed by atoms with Gasteiger partial charge in [0.05, 0.1) is 32.9 Å². The number of likely N-dealkylation sites (N-methyl/N-ethyl adjacent to an activating group) is 1. The summed E-state index contributed by atoms with van der Waals surface area (Å²) in [4.78, 5) is 14.7. The van der Waals surface area contributed by atoms with Gasteiger partial charge in [0.15, 0.2) is 0 Å². The number of hydrogen-bond acceptors (Lipinski definition) is 7. The lowest BCUT2D eigenvalue weighted by Crippen LogP contribution is -2.52. The van der Waals surface area contributed by atoms with Crippen LogP contribution in [0, 0.1) is 0 Å². The van der Waals surface area contributed by atoms with E-state index in [0.29, 0.717) is 35.8 Å². The van der Waals surface area contributed by atoms with Crippen LogP contribution in [0.25, 0.3) is 0 Å². The van der Waals surface area contributed by atoms with Gasteiger partial charge in [0, 0.05) is 24.6 Å². The molecule has 3 N–H and O–H groups in total. The molecule has 0 radical (unpaired) electrons. The minimum atomic E-state index is -0.857. The van der Waals surface area contributed by atoms with Crippen molar-refractivity contribution in [2.24, 2.45) is 0 Å². The molecular formula is C23H30N2O6. The molecule has 0 spiro atoms. The fourth-order valence-corrected chi connectivity index (χ4v) is 3.97. The van der Waals surface area contributed by atoms with Crippen molar-refractivity contribution in [3.8, 4) is 17.2 Å². The van der Waals surface area contributed by atoms with Crippen molar-refractivity contribution in [2.45, 2.75) is 30.7 Å². The number of nitrogens with one attached hydrogen (secondary N) is 1. The first-order valence-electron chi connectivity index (χ1n) is 10.2. The molecule has 3 rings (SSSR count). The van der Waals surface area contributed by atoms with E-state index in [1.807, 2.05) is 24.1 Å². The van der Waals surface area contributed by atoms with Crippen LogP contribution in [0.15, 0.2) is 48.5 Å². The van der Waals surface area contributed by atoms with E-state index < -0.39 is 18.2 Å². The smallest absolute Gasteiger partial charge is 0.251 e. The normalized spacial score (nSPS) is 22.9. The first kappa shape index (κ1) is 22.9. The minimum absolute atomic E-state index is 0.0553. The zero-order valence-corrected chi connectivity index (χ0v) is 18.0. The summed E-state index contributed by atoms with van der Waals surface area (Å²) >= 11 is 0. The molecule has 0 heterocycles. The Morgan fingerprint density at radius 2 is 1.77 bits per heavy atom. The van der Waals surface area contributed by atoms with Gasteiger partial charge in [0.1, 0.15) is 29.5 Å². The van der Waals surface area contributed by atoms with E-state index in [1.54, 1.807) is 50.6 Å². The SMILES string of the molecule is COc1ccc(C(=O)N[C@@H]2C[C@@H](Oc3cccc(OC)c3)[C@H](O)[C@H]2N(C)CCO)cc1. The molecule has 0 unspecified atom stereocenters. The maximum atomic E-state index is 12.8. The van der Waals surface area contributed by atoms with Crippen LogP contribution in [0.3, 0.4) is 0 Å². The van der Waals surface area contributed by atoms with Gasteiger partial charge < -0.3 is 29.7 Å². The molecule has 1 fully saturated rings. The molecule has 8 nitrogen and oxygen atoms in total. The summed E-state index contributed by atoms with van der Waals surface area (Å²) in [6.45, 7) is 0.308. The van der Waals surface area contributed by atoms with Crippen LogP contribution in [-0.2, 0) is 0 Å². The van der Waals surface area contributed by atoms with Crippen LogP contribution in [-0.4, -0.2) is 79.7 Å². The lowest BCUT2D eigenvalue weighted by molar-refractivity contribution is 0.0109. The van der Waals surface area contributed by atoms with Gasteiger partial charge >= 0.3 is 0 Å². The predicted molar refractivity (Wildman–Crippen MR) is 116 cm³/mol. The molecule has 1 amide bonds. The summed E-state index contributed by atoms with van der Waals surface area (Å²) in [6.07, 6.45) is -0.968. The highest BCUT2D eigenvalue weighted by Gasteiger charge is 2.46. The summed E-state index contributed by atoms with van der Waals surface area (Å²) in [6, 6.07) is 13.2. The topological polar surface area (TPSA) is 100 Å². The molecule has 2 aromatic rings. The lowest BCUT2D eigenvalue weighted by atomic mass is 10.1. The van der Waals surface area contributed by atoms with Crippen LogP contribution < -0.4 is 19.5 Å². The van der Waals surface area contributed by atoms with E-state index in [1.165, 1.54) is 0 Å².